The van der Waals surface area contributed by atoms with E-state index in [0.717, 1.165) is 6.21 Å². The summed E-state index contributed by atoms with van der Waals surface area (Å²) in [5.41, 5.74) is 0. The van der Waals surface area contributed by atoms with E-state index in [4.69, 9.17) is 5.21 Å². The molecular weight excluding hydrogens is 244 g/mol. The highest BCUT2D eigenvalue weighted by Crippen LogP contribution is 1.91. The van der Waals surface area contributed by atoms with Crippen LogP contribution in [0.15, 0.2) is 10.3 Å². The average Bonchev–Trinajstić information content (AvgIpc) is 1.68. The molecule has 0 bridgehead atoms. The Balaban J connectivity index is 3.61. The number of oxime groups is 2. The van der Waals surface area contributed by atoms with Gasteiger partial charge in [0.2, 0.25) is 16.3 Å². The van der Waals surface area contributed by atoms with Crippen molar-refractivity contribution in [3.63, 3.8) is 0 Å². The fourth-order valence-corrected chi connectivity index (χ4v) is 0.618. The first-order valence-corrected chi connectivity index (χ1v) is 2.94. The molecule has 4 nitrogen and oxygen atoms in total. The number of hydrogen-bond acceptors (Lipinski definition) is 4. The van der Waals surface area contributed by atoms with E-state index in [9.17, 15) is 0 Å². The Morgan fingerprint density at radius 3 is 2.75 bits per heavy atom. The molecule has 0 aliphatic carbocycles. The van der Waals surface area contributed by atoms with Gasteiger partial charge in [0.05, 0.1) is 0 Å². The molecule has 0 heterocycles. The van der Waals surface area contributed by atoms with Crippen molar-refractivity contribution < 1.29 is 9.14 Å². The summed E-state index contributed by atoms with van der Waals surface area (Å²) in [6, 6.07) is 0. The van der Waals surface area contributed by atoms with Gasteiger partial charge in [-0.1, -0.05) is 10.3 Å². The monoisotopic (exact) mass is 244 g/mol. The Bertz CT molecular complexity index is 113. The number of hydrogen-bond donors (Lipinski definition) is 1. The third-order valence-electron chi connectivity index (χ3n) is 0.286. The predicted molar refractivity (Wildman–Crippen MR) is 36.7 cm³/mol. The van der Waals surface area contributed by atoms with Crippen molar-refractivity contribution in [1.82, 2.24) is 0 Å². The molecule has 0 aromatic carbocycles. The summed E-state index contributed by atoms with van der Waals surface area (Å²) in [6.07, 6.45) is 1.07. The second-order valence-electron chi connectivity index (χ2n) is 0.728. The quantitative estimate of drug-likeness (QED) is 0.455. The van der Waals surface area contributed by atoms with E-state index < -0.39 is 0 Å². The van der Waals surface area contributed by atoms with Crippen LogP contribution in [0.4, 0.5) is 0 Å². The van der Waals surface area contributed by atoms with Crippen molar-refractivity contribution in [3.05, 3.63) is 0 Å². The lowest BCUT2D eigenvalue weighted by molar-refractivity contribution is 0.322. The van der Waals surface area contributed by atoms with Gasteiger partial charge in [-0.15, -0.1) is 0 Å². The maximum Gasteiger partial charge on any atom is 0.215 e. The van der Waals surface area contributed by atoms with Gasteiger partial charge in [0.1, 0.15) is 6.21 Å². The molecule has 0 unspecified atom stereocenters. The SMILES string of the molecule is ON=CC(Br)=NOBr. The minimum Gasteiger partial charge on any atom is -0.411 e. The number of halogens is 2. The topological polar surface area (TPSA) is 54.2 Å². The molecule has 0 aliphatic heterocycles. The van der Waals surface area contributed by atoms with Crippen molar-refractivity contribution in [3.8, 4) is 0 Å². The maximum absolute atomic E-state index is 7.85. The third-order valence-corrected chi connectivity index (χ3v) is 0.780. The first-order chi connectivity index (χ1) is 3.81. The van der Waals surface area contributed by atoms with Crippen molar-refractivity contribution >= 4 is 43.0 Å². The molecule has 0 amide bonds. The highest BCUT2D eigenvalue weighted by molar-refractivity contribution is 9.19. The smallest absolute Gasteiger partial charge is 0.215 e. The molecule has 46 valence electrons. The summed E-state index contributed by atoms with van der Waals surface area (Å²) in [6.45, 7) is 0. The van der Waals surface area contributed by atoms with Crippen molar-refractivity contribution in [2.75, 3.05) is 0 Å². The molecule has 0 fully saturated rings. The van der Waals surface area contributed by atoms with Crippen LogP contribution in [0, 0.1) is 0 Å². The molecule has 1 N–H and O–H groups in total. The molecule has 0 aromatic rings. The Hall–Kier alpha value is -0.100. The summed E-state index contributed by atoms with van der Waals surface area (Å²) in [4.78, 5) is 0. The van der Waals surface area contributed by atoms with Crippen LogP contribution in [0.5, 0.6) is 0 Å². The van der Waals surface area contributed by atoms with Gasteiger partial charge in [-0.2, -0.15) is 0 Å². The van der Waals surface area contributed by atoms with E-state index in [-0.39, 0.29) is 4.62 Å². The van der Waals surface area contributed by atoms with Gasteiger partial charge in [-0.25, -0.2) is 0 Å². The molecular formula is C2H2Br2N2O2. The van der Waals surface area contributed by atoms with E-state index in [1.807, 2.05) is 0 Å². The Labute approximate surface area is 62.8 Å². The second kappa shape index (κ2) is 5.04. The first-order valence-electron chi connectivity index (χ1n) is 1.50. The normalized spacial score (nSPS) is 12.5. The lowest BCUT2D eigenvalue weighted by atomic mass is 10.8. The lowest BCUT2D eigenvalue weighted by Gasteiger charge is -1.80. The fourth-order valence-electron chi connectivity index (χ4n) is 0.104. The summed E-state index contributed by atoms with van der Waals surface area (Å²) in [5, 5.41) is 13.8. The van der Waals surface area contributed by atoms with Crippen LogP contribution in [0.3, 0.4) is 0 Å². The molecule has 8 heavy (non-hydrogen) atoms. The zero-order valence-corrected chi connectivity index (χ0v) is 6.76. The van der Waals surface area contributed by atoms with Gasteiger partial charge < -0.3 is 9.14 Å². The summed E-state index contributed by atoms with van der Waals surface area (Å²) < 4.78 is 4.40. The van der Waals surface area contributed by atoms with Crippen molar-refractivity contribution in [1.29, 1.82) is 0 Å². The van der Waals surface area contributed by atoms with Gasteiger partial charge in [0, 0.05) is 0 Å². The van der Waals surface area contributed by atoms with Crippen LogP contribution in [0.25, 0.3) is 0 Å². The van der Waals surface area contributed by atoms with Gasteiger partial charge in [0.25, 0.3) is 0 Å². The van der Waals surface area contributed by atoms with Crippen LogP contribution in [0.1, 0.15) is 0 Å². The Kier molecular flexibility index (Phi) is 4.98. The van der Waals surface area contributed by atoms with E-state index in [2.05, 4.69) is 46.4 Å². The minimum absolute atomic E-state index is 0.289. The van der Waals surface area contributed by atoms with Crippen molar-refractivity contribution in [2.24, 2.45) is 10.3 Å². The van der Waals surface area contributed by atoms with Gasteiger partial charge in [-0.05, 0) is 15.9 Å². The molecule has 0 aliphatic rings. The highest BCUT2D eigenvalue weighted by atomic mass is 79.9. The van der Waals surface area contributed by atoms with E-state index in [1.165, 1.54) is 0 Å². The highest BCUT2D eigenvalue weighted by Gasteiger charge is 1.83. The maximum atomic E-state index is 7.85. The van der Waals surface area contributed by atoms with Crippen LogP contribution in [-0.4, -0.2) is 16.0 Å². The number of rotatable bonds is 2. The Morgan fingerprint density at radius 2 is 2.38 bits per heavy atom. The molecule has 0 atom stereocenters. The van der Waals surface area contributed by atoms with Gasteiger partial charge in [0.15, 0.2) is 4.62 Å². The largest absolute Gasteiger partial charge is 0.411 e. The van der Waals surface area contributed by atoms with Gasteiger partial charge in [-0.3, -0.25) is 0 Å². The molecule has 0 radical (unpaired) electrons. The van der Waals surface area contributed by atoms with Crippen LogP contribution < -0.4 is 0 Å². The second-order valence-corrected chi connectivity index (χ2v) is 1.83. The molecule has 0 spiro atoms. The van der Waals surface area contributed by atoms with Crippen molar-refractivity contribution in [2.45, 2.75) is 0 Å². The number of nitrogens with zero attached hydrogens (tertiary/aromatic N) is 2. The first kappa shape index (κ1) is 7.90. The third kappa shape index (κ3) is 4.07. The van der Waals surface area contributed by atoms with E-state index >= 15 is 0 Å². The zero-order valence-electron chi connectivity index (χ0n) is 3.58. The van der Waals surface area contributed by atoms with E-state index in [0.29, 0.717) is 0 Å². The van der Waals surface area contributed by atoms with E-state index in [1.54, 1.807) is 0 Å². The lowest BCUT2D eigenvalue weighted by Crippen LogP contribution is -1.85. The molecule has 0 saturated heterocycles. The fraction of sp³-hybridized carbons (Fsp3) is 0. The molecule has 0 saturated carbocycles. The summed E-state index contributed by atoms with van der Waals surface area (Å²) in [5.74, 6) is 0. The van der Waals surface area contributed by atoms with Crippen LogP contribution >= 0.6 is 32.2 Å². The molecule has 0 rings (SSSR count). The predicted octanol–water partition coefficient (Wildman–Crippen LogP) is 1.48. The zero-order chi connectivity index (χ0) is 6.41. The standard InChI is InChI=1S/C2H2Br2N2O2/c3-2(1-5-7)6-8-4/h1,7H. The van der Waals surface area contributed by atoms with Gasteiger partial charge >= 0.3 is 0 Å². The summed E-state index contributed by atoms with van der Waals surface area (Å²) in [7, 11) is 0. The average molecular weight is 246 g/mol. The van der Waals surface area contributed by atoms with Crippen LogP contribution in [-0.2, 0) is 3.93 Å². The molecule has 0 aromatic heterocycles. The Morgan fingerprint density at radius 1 is 1.75 bits per heavy atom. The summed E-state index contributed by atoms with van der Waals surface area (Å²) >= 11 is 5.44. The van der Waals surface area contributed by atoms with Crippen LogP contribution in [0.2, 0.25) is 0 Å². The minimum atomic E-state index is 0.289. The molecule has 6 heteroatoms.